The third-order valence-electron chi connectivity index (χ3n) is 3.82. The quantitative estimate of drug-likeness (QED) is 0.807. The molecule has 1 aliphatic rings. The molecule has 2 rings (SSSR count). The first kappa shape index (κ1) is 14.4. The van der Waals surface area contributed by atoms with Crippen LogP contribution in [-0.4, -0.2) is 63.8 Å². The summed E-state index contributed by atoms with van der Waals surface area (Å²) in [6.07, 6.45) is 2.84. The maximum atomic E-state index is 5.71. The van der Waals surface area contributed by atoms with Crippen LogP contribution in [0, 0.1) is 5.92 Å². The monoisotopic (exact) mass is 266 g/mol. The maximum Gasteiger partial charge on any atom is 0.140 e. The number of rotatable bonds is 5. The summed E-state index contributed by atoms with van der Waals surface area (Å²) in [7, 11) is 1.95. The van der Waals surface area contributed by atoms with Gasteiger partial charge in [-0.05, 0) is 32.0 Å². The smallest absolute Gasteiger partial charge is 0.140 e. The van der Waals surface area contributed by atoms with Crippen LogP contribution in [0.25, 0.3) is 0 Å². The van der Waals surface area contributed by atoms with Crippen LogP contribution in [0.2, 0.25) is 0 Å². The molecule has 6 nitrogen and oxygen atoms in total. The highest BCUT2D eigenvalue weighted by molar-refractivity contribution is 4.84. The van der Waals surface area contributed by atoms with E-state index < -0.39 is 0 Å². The molecule has 1 aromatic heterocycles. The van der Waals surface area contributed by atoms with Gasteiger partial charge in [0.15, 0.2) is 0 Å². The lowest BCUT2D eigenvalue weighted by Crippen LogP contribution is -2.35. The molecule has 6 heteroatoms. The number of hydrogen-bond acceptors (Lipinski definition) is 5. The molecule has 1 saturated heterocycles. The van der Waals surface area contributed by atoms with E-state index in [1.807, 2.05) is 11.7 Å². The van der Waals surface area contributed by atoms with Crippen LogP contribution in [0.4, 0.5) is 0 Å². The summed E-state index contributed by atoms with van der Waals surface area (Å²) in [6.45, 7) is 9.57. The van der Waals surface area contributed by atoms with Crippen LogP contribution in [-0.2, 0) is 13.6 Å². The van der Waals surface area contributed by atoms with E-state index >= 15 is 0 Å². The zero-order chi connectivity index (χ0) is 13.7. The van der Waals surface area contributed by atoms with E-state index in [4.69, 9.17) is 5.73 Å². The van der Waals surface area contributed by atoms with Gasteiger partial charge in [-0.25, -0.2) is 4.98 Å². The molecule has 1 aliphatic heterocycles. The van der Waals surface area contributed by atoms with Crippen LogP contribution < -0.4 is 5.73 Å². The van der Waals surface area contributed by atoms with Gasteiger partial charge >= 0.3 is 0 Å². The molecule has 0 amide bonds. The van der Waals surface area contributed by atoms with Crippen molar-refractivity contribution in [2.24, 2.45) is 18.7 Å². The Morgan fingerprint density at radius 2 is 2.00 bits per heavy atom. The van der Waals surface area contributed by atoms with Crippen molar-refractivity contribution in [3.8, 4) is 0 Å². The fourth-order valence-corrected chi connectivity index (χ4v) is 2.54. The molecule has 1 aromatic rings. The molecule has 1 atom stereocenters. The first-order valence-corrected chi connectivity index (χ1v) is 7.16. The van der Waals surface area contributed by atoms with Gasteiger partial charge in [-0.3, -0.25) is 9.58 Å². The van der Waals surface area contributed by atoms with Gasteiger partial charge in [0.05, 0.1) is 6.54 Å². The standard InChI is InChI=1S/C13H26N6/c1-12(8-14)9-18-4-3-5-19(7-6-18)10-13-15-11-16-17(13)2/h11-12H,3-10,14H2,1-2H3. The van der Waals surface area contributed by atoms with Crippen molar-refractivity contribution >= 4 is 0 Å². The van der Waals surface area contributed by atoms with Gasteiger partial charge in [0.2, 0.25) is 0 Å². The van der Waals surface area contributed by atoms with Crippen molar-refractivity contribution < 1.29 is 0 Å². The van der Waals surface area contributed by atoms with Crippen LogP contribution >= 0.6 is 0 Å². The lowest BCUT2D eigenvalue weighted by atomic mass is 10.1. The van der Waals surface area contributed by atoms with Crippen molar-refractivity contribution in [1.29, 1.82) is 0 Å². The second-order valence-electron chi connectivity index (χ2n) is 5.57. The Labute approximate surface area is 115 Å². The van der Waals surface area contributed by atoms with Gasteiger partial charge < -0.3 is 10.6 Å². The SMILES string of the molecule is CC(CN)CN1CCCN(Cc2ncnn2C)CC1. The molecule has 0 aliphatic carbocycles. The molecular weight excluding hydrogens is 240 g/mol. The van der Waals surface area contributed by atoms with Crippen molar-refractivity contribution in [3.63, 3.8) is 0 Å². The summed E-state index contributed by atoms with van der Waals surface area (Å²) in [6, 6.07) is 0. The Bertz CT molecular complexity index is 377. The van der Waals surface area contributed by atoms with E-state index in [0.717, 1.165) is 45.1 Å². The summed E-state index contributed by atoms with van der Waals surface area (Å²) < 4.78 is 1.86. The minimum atomic E-state index is 0.588. The van der Waals surface area contributed by atoms with Gasteiger partial charge in [-0.2, -0.15) is 5.10 Å². The number of nitrogens with zero attached hydrogens (tertiary/aromatic N) is 5. The van der Waals surface area contributed by atoms with Crippen molar-refractivity contribution in [3.05, 3.63) is 12.2 Å². The van der Waals surface area contributed by atoms with Crippen molar-refractivity contribution in [2.45, 2.75) is 19.9 Å². The first-order chi connectivity index (χ1) is 9.19. The summed E-state index contributed by atoms with van der Waals surface area (Å²) in [5.41, 5.74) is 5.71. The van der Waals surface area contributed by atoms with Gasteiger partial charge in [0.25, 0.3) is 0 Å². The molecule has 2 N–H and O–H groups in total. The second-order valence-corrected chi connectivity index (χ2v) is 5.57. The van der Waals surface area contributed by atoms with E-state index in [-0.39, 0.29) is 0 Å². The molecule has 19 heavy (non-hydrogen) atoms. The maximum absolute atomic E-state index is 5.71. The number of aromatic nitrogens is 3. The highest BCUT2D eigenvalue weighted by Gasteiger charge is 2.17. The Morgan fingerprint density at radius 1 is 1.26 bits per heavy atom. The third kappa shape index (κ3) is 4.26. The van der Waals surface area contributed by atoms with Gasteiger partial charge in [-0.1, -0.05) is 6.92 Å². The van der Waals surface area contributed by atoms with Crippen LogP contribution in [0.3, 0.4) is 0 Å². The molecule has 108 valence electrons. The molecule has 2 heterocycles. The number of aryl methyl sites for hydroxylation is 1. The normalized spacial score (nSPS) is 20.4. The predicted molar refractivity (Wildman–Crippen MR) is 75.6 cm³/mol. The Morgan fingerprint density at radius 3 is 2.68 bits per heavy atom. The van der Waals surface area contributed by atoms with E-state index in [2.05, 4.69) is 26.8 Å². The largest absolute Gasteiger partial charge is 0.330 e. The zero-order valence-corrected chi connectivity index (χ0v) is 12.1. The summed E-state index contributed by atoms with van der Waals surface area (Å²) in [4.78, 5) is 9.31. The van der Waals surface area contributed by atoms with Crippen LogP contribution in [0.15, 0.2) is 6.33 Å². The van der Waals surface area contributed by atoms with E-state index in [0.29, 0.717) is 5.92 Å². The van der Waals surface area contributed by atoms with E-state index in [1.54, 1.807) is 6.33 Å². The van der Waals surface area contributed by atoms with Crippen molar-refractivity contribution in [1.82, 2.24) is 24.6 Å². The van der Waals surface area contributed by atoms with Gasteiger partial charge in [0, 0.05) is 26.7 Å². The summed E-state index contributed by atoms with van der Waals surface area (Å²) in [5.74, 6) is 1.63. The highest BCUT2D eigenvalue weighted by atomic mass is 15.3. The van der Waals surface area contributed by atoms with Crippen LogP contribution in [0.1, 0.15) is 19.2 Å². The molecule has 0 bridgehead atoms. The van der Waals surface area contributed by atoms with E-state index in [9.17, 15) is 0 Å². The first-order valence-electron chi connectivity index (χ1n) is 7.16. The Kier molecular flexibility index (Phi) is 5.30. The minimum absolute atomic E-state index is 0.588. The molecular formula is C13H26N6. The summed E-state index contributed by atoms with van der Waals surface area (Å²) in [5, 5.41) is 4.13. The predicted octanol–water partition coefficient (Wildman–Crippen LogP) is -0.0824. The molecule has 1 unspecified atom stereocenters. The number of nitrogens with two attached hydrogens (primary N) is 1. The van der Waals surface area contributed by atoms with Crippen LogP contribution in [0.5, 0.6) is 0 Å². The second kappa shape index (κ2) is 6.98. The van der Waals surface area contributed by atoms with Crippen molar-refractivity contribution in [2.75, 3.05) is 39.3 Å². The van der Waals surface area contributed by atoms with E-state index in [1.165, 1.54) is 13.0 Å². The average molecular weight is 266 g/mol. The molecule has 0 aromatic carbocycles. The number of hydrogen-bond donors (Lipinski definition) is 1. The zero-order valence-electron chi connectivity index (χ0n) is 12.1. The highest BCUT2D eigenvalue weighted by Crippen LogP contribution is 2.08. The van der Waals surface area contributed by atoms with Gasteiger partial charge in [-0.15, -0.1) is 0 Å². The Hall–Kier alpha value is -0.980. The molecule has 0 saturated carbocycles. The lowest BCUT2D eigenvalue weighted by Gasteiger charge is -2.23. The molecule has 0 radical (unpaired) electrons. The minimum Gasteiger partial charge on any atom is -0.330 e. The topological polar surface area (TPSA) is 63.2 Å². The fourth-order valence-electron chi connectivity index (χ4n) is 2.54. The summed E-state index contributed by atoms with van der Waals surface area (Å²) >= 11 is 0. The Balaban J connectivity index is 1.81. The lowest BCUT2D eigenvalue weighted by molar-refractivity contribution is 0.228. The fraction of sp³-hybridized carbons (Fsp3) is 0.846. The van der Waals surface area contributed by atoms with Gasteiger partial charge in [0.1, 0.15) is 12.2 Å². The third-order valence-corrected chi connectivity index (χ3v) is 3.82. The molecule has 0 spiro atoms. The average Bonchev–Trinajstić information content (AvgIpc) is 2.67. The molecule has 1 fully saturated rings.